The topological polar surface area (TPSA) is 65.8 Å². The lowest BCUT2D eigenvalue weighted by Crippen LogP contribution is -2.44. The first-order valence-electron chi connectivity index (χ1n) is 8.36. The van der Waals surface area contributed by atoms with E-state index >= 15 is 0 Å². The number of hydrogen-bond acceptors (Lipinski definition) is 3. The van der Waals surface area contributed by atoms with E-state index in [0.29, 0.717) is 15.3 Å². The average Bonchev–Trinajstić information content (AvgIpc) is 3.12. The molecule has 0 atom stereocenters. The largest absolute Gasteiger partial charge is 0.342 e. The standard InChI is InChI=1S/C20H17BrClN3O/c21-16-8-9-18(22)24-17(16)12-14(13-23)19(26)25-20(10-4-5-11-20)15-6-2-1-3-7-15/h1-3,6-9,12H,4-5,10-11H2,(H,25,26). The van der Waals surface area contributed by atoms with E-state index in [0.717, 1.165) is 31.2 Å². The molecule has 0 spiro atoms. The number of carbonyl (C=O) groups is 1. The number of carbonyl (C=O) groups excluding carboxylic acids is 1. The summed E-state index contributed by atoms with van der Waals surface area (Å²) in [6, 6.07) is 15.3. The van der Waals surface area contributed by atoms with Gasteiger partial charge in [0.05, 0.1) is 11.2 Å². The highest BCUT2D eigenvalue weighted by atomic mass is 79.9. The maximum absolute atomic E-state index is 12.8. The molecule has 4 nitrogen and oxygen atoms in total. The molecule has 1 fully saturated rings. The zero-order valence-corrected chi connectivity index (χ0v) is 16.3. The Balaban J connectivity index is 1.90. The van der Waals surface area contributed by atoms with Crippen molar-refractivity contribution >= 4 is 39.5 Å². The number of rotatable bonds is 4. The molecule has 132 valence electrons. The van der Waals surface area contributed by atoms with Crippen molar-refractivity contribution in [2.45, 2.75) is 31.2 Å². The molecule has 1 aromatic heterocycles. The van der Waals surface area contributed by atoms with Gasteiger partial charge in [-0.15, -0.1) is 0 Å². The van der Waals surface area contributed by atoms with Crippen LogP contribution < -0.4 is 5.32 Å². The molecule has 0 bridgehead atoms. The fourth-order valence-electron chi connectivity index (χ4n) is 3.33. The van der Waals surface area contributed by atoms with Gasteiger partial charge in [-0.1, -0.05) is 54.8 Å². The van der Waals surface area contributed by atoms with Gasteiger partial charge in [-0.2, -0.15) is 5.26 Å². The molecule has 2 aromatic rings. The van der Waals surface area contributed by atoms with E-state index < -0.39 is 11.4 Å². The van der Waals surface area contributed by atoms with E-state index in [1.54, 1.807) is 12.1 Å². The van der Waals surface area contributed by atoms with Crippen LogP contribution in [0.5, 0.6) is 0 Å². The third kappa shape index (κ3) is 3.98. The normalized spacial score (nSPS) is 16.1. The van der Waals surface area contributed by atoms with Gasteiger partial charge >= 0.3 is 0 Å². The monoisotopic (exact) mass is 429 g/mol. The van der Waals surface area contributed by atoms with E-state index in [-0.39, 0.29) is 5.57 Å². The molecule has 1 aliphatic carbocycles. The van der Waals surface area contributed by atoms with Crippen LogP contribution in [0.1, 0.15) is 36.9 Å². The first-order chi connectivity index (χ1) is 12.5. The Hall–Kier alpha value is -2.16. The second-order valence-corrected chi connectivity index (χ2v) is 7.52. The minimum Gasteiger partial charge on any atom is -0.342 e. The van der Waals surface area contributed by atoms with Crippen molar-refractivity contribution in [3.05, 3.63) is 68.9 Å². The molecule has 6 heteroatoms. The molecule has 26 heavy (non-hydrogen) atoms. The quantitative estimate of drug-likeness (QED) is 0.422. The van der Waals surface area contributed by atoms with Gasteiger partial charge in [0.2, 0.25) is 0 Å². The Bertz CT molecular complexity index is 884. The summed E-state index contributed by atoms with van der Waals surface area (Å²) in [5.74, 6) is -0.396. The molecule has 1 amide bonds. The molecule has 0 radical (unpaired) electrons. The summed E-state index contributed by atoms with van der Waals surface area (Å²) in [5, 5.41) is 12.9. The zero-order valence-electron chi connectivity index (χ0n) is 14.0. The molecule has 3 rings (SSSR count). The zero-order chi connectivity index (χ0) is 18.6. The third-order valence-electron chi connectivity index (χ3n) is 4.62. The molecular weight excluding hydrogens is 414 g/mol. The Kier molecular flexibility index (Phi) is 5.75. The maximum atomic E-state index is 12.8. The molecule has 1 heterocycles. The van der Waals surface area contributed by atoms with Gasteiger partial charge in [-0.25, -0.2) is 4.98 Å². The van der Waals surface area contributed by atoms with Crippen LogP contribution in [0.15, 0.2) is 52.5 Å². The second-order valence-electron chi connectivity index (χ2n) is 6.28. The van der Waals surface area contributed by atoms with Crippen LogP contribution in [-0.2, 0) is 10.3 Å². The lowest BCUT2D eigenvalue weighted by molar-refractivity contribution is -0.119. The first-order valence-corrected chi connectivity index (χ1v) is 9.53. The highest BCUT2D eigenvalue weighted by Gasteiger charge is 2.37. The van der Waals surface area contributed by atoms with E-state index in [4.69, 9.17) is 11.6 Å². The summed E-state index contributed by atoms with van der Waals surface area (Å²) in [7, 11) is 0. The van der Waals surface area contributed by atoms with Crippen molar-refractivity contribution in [2.75, 3.05) is 0 Å². The molecule has 0 unspecified atom stereocenters. The fourth-order valence-corrected chi connectivity index (χ4v) is 3.82. The molecule has 1 aromatic carbocycles. The molecule has 1 N–H and O–H groups in total. The Morgan fingerprint density at radius 2 is 1.92 bits per heavy atom. The Morgan fingerprint density at radius 1 is 1.23 bits per heavy atom. The number of hydrogen-bond donors (Lipinski definition) is 1. The number of nitrogens with one attached hydrogen (secondary N) is 1. The van der Waals surface area contributed by atoms with Crippen LogP contribution in [0.2, 0.25) is 5.15 Å². The minimum absolute atomic E-state index is 0.00247. The number of nitriles is 1. The molecule has 1 aliphatic rings. The summed E-state index contributed by atoms with van der Waals surface area (Å²) in [4.78, 5) is 17.0. The van der Waals surface area contributed by atoms with Crippen LogP contribution in [0.25, 0.3) is 6.08 Å². The van der Waals surface area contributed by atoms with Crippen LogP contribution >= 0.6 is 27.5 Å². The number of amides is 1. The summed E-state index contributed by atoms with van der Waals surface area (Å²) in [6.45, 7) is 0. The average molecular weight is 431 g/mol. The second kappa shape index (κ2) is 8.03. The van der Waals surface area contributed by atoms with Crippen molar-refractivity contribution in [2.24, 2.45) is 0 Å². The van der Waals surface area contributed by atoms with Gasteiger partial charge in [-0.3, -0.25) is 4.79 Å². The smallest absolute Gasteiger partial charge is 0.262 e. The van der Waals surface area contributed by atoms with Crippen molar-refractivity contribution in [1.29, 1.82) is 5.26 Å². The van der Waals surface area contributed by atoms with Crippen molar-refractivity contribution in [3.63, 3.8) is 0 Å². The van der Waals surface area contributed by atoms with Gasteiger partial charge in [0.15, 0.2) is 0 Å². The highest BCUT2D eigenvalue weighted by Crippen LogP contribution is 2.38. The Labute approximate surface area is 166 Å². The van der Waals surface area contributed by atoms with E-state index in [1.165, 1.54) is 6.08 Å². The number of halogens is 2. The lowest BCUT2D eigenvalue weighted by atomic mass is 9.88. The van der Waals surface area contributed by atoms with Crippen molar-refractivity contribution < 1.29 is 4.79 Å². The van der Waals surface area contributed by atoms with Crippen LogP contribution in [0.3, 0.4) is 0 Å². The number of nitrogens with zero attached hydrogens (tertiary/aromatic N) is 2. The number of benzene rings is 1. The molecule has 1 saturated carbocycles. The van der Waals surface area contributed by atoms with E-state index in [2.05, 4.69) is 26.2 Å². The molecule has 0 aliphatic heterocycles. The predicted octanol–water partition coefficient (Wildman–Crippen LogP) is 4.99. The highest BCUT2D eigenvalue weighted by molar-refractivity contribution is 9.10. The summed E-state index contributed by atoms with van der Waals surface area (Å²) < 4.78 is 0.668. The van der Waals surface area contributed by atoms with E-state index in [9.17, 15) is 10.1 Å². The lowest BCUT2D eigenvalue weighted by Gasteiger charge is -2.31. The molecule has 0 saturated heterocycles. The van der Waals surface area contributed by atoms with E-state index in [1.807, 2.05) is 36.4 Å². The molecular formula is C20H17BrClN3O. The summed E-state index contributed by atoms with van der Waals surface area (Å²) in [5.41, 5.74) is 1.10. The van der Waals surface area contributed by atoms with Gasteiger partial charge in [0, 0.05) is 4.47 Å². The SMILES string of the molecule is N#CC(=Cc1nc(Cl)ccc1Br)C(=O)NC1(c2ccccc2)CCCC1. The fraction of sp³-hybridized carbons (Fsp3) is 0.250. The van der Waals surface area contributed by atoms with Crippen LogP contribution in [-0.4, -0.2) is 10.9 Å². The first kappa shape index (κ1) is 18.6. The predicted molar refractivity (Wildman–Crippen MR) is 105 cm³/mol. The van der Waals surface area contributed by atoms with Gasteiger partial charge < -0.3 is 5.32 Å². The Morgan fingerprint density at radius 3 is 2.58 bits per heavy atom. The number of pyridine rings is 1. The minimum atomic E-state index is -0.423. The number of aromatic nitrogens is 1. The van der Waals surface area contributed by atoms with Gasteiger partial charge in [0.1, 0.15) is 16.8 Å². The van der Waals surface area contributed by atoms with Crippen LogP contribution in [0, 0.1) is 11.3 Å². The maximum Gasteiger partial charge on any atom is 0.262 e. The van der Waals surface area contributed by atoms with Crippen molar-refractivity contribution in [1.82, 2.24) is 10.3 Å². The van der Waals surface area contributed by atoms with Crippen molar-refractivity contribution in [3.8, 4) is 6.07 Å². The van der Waals surface area contributed by atoms with Gasteiger partial charge in [-0.05, 0) is 52.5 Å². The third-order valence-corrected chi connectivity index (χ3v) is 5.50. The van der Waals surface area contributed by atoms with Crippen LogP contribution in [0.4, 0.5) is 0 Å². The summed E-state index contributed by atoms with van der Waals surface area (Å²) >= 11 is 9.28. The van der Waals surface area contributed by atoms with Gasteiger partial charge in [0.25, 0.3) is 5.91 Å². The summed E-state index contributed by atoms with van der Waals surface area (Å²) in [6.07, 6.45) is 5.27.